The maximum Gasteiger partial charge on any atom is 0.326 e. The highest BCUT2D eigenvalue weighted by molar-refractivity contribution is 5.85. The SMILES string of the molecule is COCC(=O)N(CCC(=O)O)C(C(=O)O)C(C)C. The summed E-state index contributed by atoms with van der Waals surface area (Å²) < 4.78 is 4.67. The summed E-state index contributed by atoms with van der Waals surface area (Å²) in [7, 11) is 1.32. The molecule has 0 aliphatic heterocycles. The highest BCUT2D eigenvalue weighted by Gasteiger charge is 2.32. The van der Waals surface area contributed by atoms with Crippen LogP contribution in [0.1, 0.15) is 20.3 Å². The third-order valence-corrected chi connectivity index (χ3v) is 2.38. The normalized spacial score (nSPS) is 12.2. The number of aliphatic carboxylic acids is 2. The highest BCUT2D eigenvalue weighted by Crippen LogP contribution is 2.12. The summed E-state index contributed by atoms with van der Waals surface area (Å²) >= 11 is 0. The molecule has 0 aromatic rings. The molecule has 1 amide bonds. The van der Waals surface area contributed by atoms with Gasteiger partial charge in [-0.05, 0) is 5.92 Å². The molecule has 2 N–H and O–H groups in total. The molecule has 0 aromatic heterocycles. The zero-order valence-electron chi connectivity index (χ0n) is 10.8. The fourth-order valence-electron chi connectivity index (χ4n) is 1.62. The van der Waals surface area contributed by atoms with Crippen molar-refractivity contribution in [1.29, 1.82) is 0 Å². The minimum Gasteiger partial charge on any atom is -0.481 e. The Morgan fingerprint density at radius 2 is 1.78 bits per heavy atom. The van der Waals surface area contributed by atoms with Crippen molar-refractivity contribution < 1.29 is 29.3 Å². The van der Waals surface area contributed by atoms with Crippen LogP contribution in [0.5, 0.6) is 0 Å². The number of hydrogen-bond donors (Lipinski definition) is 2. The first-order valence-electron chi connectivity index (χ1n) is 5.54. The zero-order chi connectivity index (χ0) is 14.3. The second-order valence-corrected chi connectivity index (χ2v) is 4.19. The Morgan fingerprint density at radius 1 is 1.22 bits per heavy atom. The van der Waals surface area contributed by atoms with E-state index in [0.29, 0.717) is 0 Å². The number of carboxylic acid groups (broad SMARTS) is 2. The van der Waals surface area contributed by atoms with Gasteiger partial charge in [-0.15, -0.1) is 0 Å². The standard InChI is InChI=1S/C11H19NO6/c1-7(2)10(11(16)17)12(5-4-9(14)15)8(13)6-18-3/h7,10H,4-6H2,1-3H3,(H,14,15)(H,16,17). The lowest BCUT2D eigenvalue weighted by Gasteiger charge is -2.30. The van der Waals surface area contributed by atoms with E-state index in [-0.39, 0.29) is 25.5 Å². The molecule has 1 atom stereocenters. The van der Waals surface area contributed by atoms with Crippen LogP contribution in [0.4, 0.5) is 0 Å². The second-order valence-electron chi connectivity index (χ2n) is 4.19. The maximum atomic E-state index is 11.8. The molecule has 0 saturated carbocycles. The minimum atomic E-state index is -1.15. The van der Waals surface area contributed by atoms with Crippen molar-refractivity contribution in [3.63, 3.8) is 0 Å². The summed E-state index contributed by atoms with van der Waals surface area (Å²) in [6.07, 6.45) is -0.300. The van der Waals surface area contributed by atoms with Crippen LogP contribution in [-0.4, -0.2) is 59.3 Å². The summed E-state index contributed by atoms with van der Waals surface area (Å²) in [5, 5.41) is 17.7. The Hall–Kier alpha value is -1.63. The van der Waals surface area contributed by atoms with E-state index in [1.165, 1.54) is 7.11 Å². The van der Waals surface area contributed by atoms with Crippen molar-refractivity contribution in [2.75, 3.05) is 20.3 Å². The van der Waals surface area contributed by atoms with E-state index in [0.717, 1.165) is 4.90 Å². The molecule has 7 nitrogen and oxygen atoms in total. The molecule has 0 fully saturated rings. The molecular weight excluding hydrogens is 242 g/mol. The average molecular weight is 261 g/mol. The summed E-state index contributed by atoms with van der Waals surface area (Å²) in [5.41, 5.74) is 0. The van der Waals surface area contributed by atoms with Crippen LogP contribution in [-0.2, 0) is 19.1 Å². The quantitative estimate of drug-likeness (QED) is 0.639. The van der Waals surface area contributed by atoms with Gasteiger partial charge in [0, 0.05) is 13.7 Å². The Kier molecular flexibility index (Phi) is 6.96. The number of methoxy groups -OCH3 is 1. The van der Waals surface area contributed by atoms with Gasteiger partial charge in [0.05, 0.1) is 6.42 Å². The van der Waals surface area contributed by atoms with E-state index >= 15 is 0 Å². The minimum absolute atomic E-state index is 0.146. The van der Waals surface area contributed by atoms with E-state index < -0.39 is 23.9 Å². The molecule has 0 aliphatic carbocycles. The number of carbonyl (C=O) groups excluding carboxylic acids is 1. The van der Waals surface area contributed by atoms with Crippen LogP contribution >= 0.6 is 0 Å². The van der Waals surface area contributed by atoms with Gasteiger partial charge in [0.25, 0.3) is 0 Å². The van der Waals surface area contributed by atoms with Gasteiger partial charge in [-0.25, -0.2) is 4.79 Å². The molecule has 0 rings (SSSR count). The molecule has 0 aliphatic rings. The Balaban J connectivity index is 4.96. The maximum absolute atomic E-state index is 11.8. The Morgan fingerprint density at radius 3 is 2.11 bits per heavy atom. The van der Waals surface area contributed by atoms with E-state index in [4.69, 9.17) is 10.2 Å². The number of nitrogens with zero attached hydrogens (tertiary/aromatic N) is 1. The van der Waals surface area contributed by atoms with Gasteiger partial charge in [0.1, 0.15) is 12.6 Å². The molecule has 7 heteroatoms. The molecule has 1 unspecified atom stereocenters. The van der Waals surface area contributed by atoms with Gasteiger partial charge < -0.3 is 19.8 Å². The lowest BCUT2D eigenvalue weighted by atomic mass is 10.0. The zero-order valence-corrected chi connectivity index (χ0v) is 10.8. The smallest absolute Gasteiger partial charge is 0.326 e. The number of amides is 1. The predicted molar refractivity (Wildman–Crippen MR) is 62.1 cm³/mol. The lowest BCUT2D eigenvalue weighted by molar-refractivity contribution is -0.155. The molecule has 0 heterocycles. The van der Waals surface area contributed by atoms with Crippen molar-refractivity contribution in [1.82, 2.24) is 4.90 Å². The van der Waals surface area contributed by atoms with Crippen molar-refractivity contribution >= 4 is 17.8 Å². The number of rotatable bonds is 8. The third kappa shape index (κ3) is 5.13. The van der Waals surface area contributed by atoms with Crippen molar-refractivity contribution in [3.8, 4) is 0 Å². The summed E-state index contributed by atoms with van der Waals surface area (Å²) in [5.74, 6) is -3.09. The summed E-state index contributed by atoms with van der Waals surface area (Å²) in [6.45, 7) is 2.90. The van der Waals surface area contributed by atoms with Crippen LogP contribution < -0.4 is 0 Å². The largest absolute Gasteiger partial charge is 0.481 e. The summed E-state index contributed by atoms with van der Waals surface area (Å²) in [4.78, 5) is 34.5. The molecule has 0 radical (unpaired) electrons. The lowest BCUT2D eigenvalue weighted by Crippen LogP contribution is -2.50. The van der Waals surface area contributed by atoms with E-state index in [1.54, 1.807) is 13.8 Å². The van der Waals surface area contributed by atoms with Gasteiger partial charge in [0.15, 0.2) is 0 Å². The van der Waals surface area contributed by atoms with Crippen molar-refractivity contribution in [2.24, 2.45) is 5.92 Å². The van der Waals surface area contributed by atoms with Crippen LogP contribution in [0.2, 0.25) is 0 Å². The number of carbonyl (C=O) groups is 3. The highest BCUT2D eigenvalue weighted by atomic mass is 16.5. The molecule has 0 saturated heterocycles. The Labute approximate surface area is 105 Å². The number of ether oxygens (including phenoxy) is 1. The van der Waals surface area contributed by atoms with Gasteiger partial charge in [0.2, 0.25) is 5.91 Å². The average Bonchev–Trinajstić information content (AvgIpc) is 2.22. The summed E-state index contributed by atoms with van der Waals surface area (Å²) in [6, 6.07) is -1.05. The van der Waals surface area contributed by atoms with Gasteiger partial charge >= 0.3 is 11.9 Å². The first kappa shape index (κ1) is 16.4. The molecular formula is C11H19NO6. The predicted octanol–water partition coefficient (Wildman–Crippen LogP) is 0.0453. The first-order valence-corrected chi connectivity index (χ1v) is 5.54. The fourth-order valence-corrected chi connectivity index (χ4v) is 1.62. The number of carboxylic acids is 2. The van der Waals surface area contributed by atoms with Gasteiger partial charge in [-0.2, -0.15) is 0 Å². The topological polar surface area (TPSA) is 104 Å². The third-order valence-electron chi connectivity index (χ3n) is 2.38. The van der Waals surface area contributed by atoms with Crippen molar-refractivity contribution in [3.05, 3.63) is 0 Å². The van der Waals surface area contributed by atoms with Crippen LogP contribution in [0.25, 0.3) is 0 Å². The van der Waals surface area contributed by atoms with Gasteiger partial charge in [-0.1, -0.05) is 13.8 Å². The monoisotopic (exact) mass is 261 g/mol. The van der Waals surface area contributed by atoms with Crippen LogP contribution in [0, 0.1) is 5.92 Å². The Bertz CT molecular complexity index is 315. The number of hydrogen-bond acceptors (Lipinski definition) is 4. The fraction of sp³-hybridized carbons (Fsp3) is 0.727. The molecule has 104 valence electrons. The van der Waals surface area contributed by atoms with E-state index in [1.807, 2.05) is 0 Å². The van der Waals surface area contributed by atoms with Crippen LogP contribution in [0.15, 0.2) is 0 Å². The molecule has 0 spiro atoms. The molecule has 0 aromatic carbocycles. The van der Waals surface area contributed by atoms with Crippen molar-refractivity contribution in [2.45, 2.75) is 26.3 Å². The molecule has 18 heavy (non-hydrogen) atoms. The van der Waals surface area contributed by atoms with Crippen LogP contribution in [0.3, 0.4) is 0 Å². The molecule has 0 bridgehead atoms. The second kappa shape index (κ2) is 7.65. The van der Waals surface area contributed by atoms with E-state index in [2.05, 4.69) is 4.74 Å². The van der Waals surface area contributed by atoms with Gasteiger partial charge in [-0.3, -0.25) is 9.59 Å². The first-order chi connectivity index (χ1) is 8.31. The van der Waals surface area contributed by atoms with E-state index in [9.17, 15) is 14.4 Å².